The van der Waals surface area contributed by atoms with E-state index in [9.17, 15) is 19.7 Å². The second-order valence-corrected chi connectivity index (χ2v) is 28.5. The second kappa shape index (κ2) is 26.1. The first-order valence-electron chi connectivity index (χ1n) is 31.1. The highest BCUT2D eigenvalue weighted by Gasteiger charge is 2.41. The molecule has 9 heterocycles. The molecule has 0 atom stereocenters. The molecule has 12 rings (SSSR count). The first-order valence-corrected chi connectivity index (χ1v) is 31.1. The molecule has 0 spiro atoms. The van der Waals surface area contributed by atoms with Crippen LogP contribution in [0.15, 0.2) is 147 Å². The van der Waals surface area contributed by atoms with Crippen LogP contribution in [-0.2, 0) is 0 Å². The maximum atomic E-state index is 13.7. The summed E-state index contributed by atoms with van der Waals surface area (Å²) in [6.45, 7) is 26.8. The molecule has 91 heavy (non-hydrogen) atoms. The van der Waals surface area contributed by atoms with Crippen LogP contribution in [0.4, 0.5) is 21.8 Å². The number of hydrogen-bond acceptors (Lipinski definition) is 18. The number of pyridine rings is 2. The van der Waals surface area contributed by atoms with Crippen LogP contribution in [-0.4, -0.2) is 124 Å². The summed E-state index contributed by atoms with van der Waals surface area (Å²) in [5.41, 5.74) is 8.67. The zero-order chi connectivity index (χ0) is 65.1. The minimum absolute atomic E-state index is 0.00959. The number of phenolic OH excluding ortho intramolecular Hbond substituents is 3. The van der Waals surface area contributed by atoms with Crippen LogP contribution in [0.2, 0.25) is 0 Å². The summed E-state index contributed by atoms with van der Waals surface area (Å²) in [7, 11) is 2.05. The molecule has 19 nitrogen and oxygen atoms in total. The van der Waals surface area contributed by atoms with Gasteiger partial charge in [0.15, 0.2) is 0 Å². The van der Waals surface area contributed by atoms with Crippen molar-refractivity contribution >= 4 is 17.5 Å². The molecule has 0 bridgehead atoms. The predicted molar refractivity (Wildman–Crippen MR) is 360 cm³/mol. The van der Waals surface area contributed by atoms with Gasteiger partial charge in [-0.05, 0) is 198 Å². The molecule has 0 aliphatic carbocycles. The van der Waals surface area contributed by atoms with Crippen LogP contribution in [0.5, 0.6) is 17.2 Å². The van der Waals surface area contributed by atoms with Gasteiger partial charge in [0.05, 0.1) is 66.0 Å². The van der Waals surface area contributed by atoms with Crippen molar-refractivity contribution in [2.45, 2.75) is 173 Å². The number of piperidine rings is 3. The molecule has 9 aromatic rings. The van der Waals surface area contributed by atoms with Gasteiger partial charge in [-0.1, -0.05) is 24.3 Å². The summed E-state index contributed by atoms with van der Waals surface area (Å²) < 4.78 is 13.7. The monoisotopic (exact) mass is 1230 g/mol. The molecule has 3 aromatic carbocycles. The Morgan fingerprint density at radius 1 is 0.429 bits per heavy atom. The second-order valence-electron chi connectivity index (χ2n) is 28.5. The molecule has 0 unspecified atom stereocenters. The molecular formula is C71H87FN16O3. The van der Waals surface area contributed by atoms with Crippen LogP contribution in [0.1, 0.15) is 122 Å². The lowest BCUT2D eigenvalue weighted by atomic mass is 9.79. The molecule has 476 valence electrons. The van der Waals surface area contributed by atoms with Crippen molar-refractivity contribution in [2.24, 2.45) is 0 Å². The Morgan fingerprint density at radius 3 is 1.25 bits per heavy atom. The summed E-state index contributed by atoms with van der Waals surface area (Å²) in [4.78, 5) is 37.7. The van der Waals surface area contributed by atoms with Gasteiger partial charge in [0.1, 0.15) is 34.7 Å². The number of benzene rings is 3. The Bertz CT molecular complexity index is 3700. The fraction of sp³-hybridized carbons (Fsp3) is 0.394. The number of anilines is 3. The molecule has 0 radical (unpaired) electrons. The molecule has 3 fully saturated rings. The zero-order valence-corrected chi connectivity index (χ0v) is 54.5. The Balaban J connectivity index is 0.000000150. The maximum Gasteiger partial charge on any atom is 0.216 e. The molecule has 3 saturated heterocycles. The normalized spacial score (nSPS) is 18.1. The van der Waals surface area contributed by atoms with Crippen LogP contribution < -0.4 is 31.5 Å². The number of aromatic nitrogens is 10. The fourth-order valence-corrected chi connectivity index (χ4v) is 14.0. The lowest BCUT2D eigenvalue weighted by molar-refractivity contribution is 0.160. The van der Waals surface area contributed by atoms with E-state index >= 15 is 0 Å². The Morgan fingerprint density at radius 2 is 0.857 bits per heavy atom. The summed E-state index contributed by atoms with van der Waals surface area (Å²) in [5, 5.41) is 55.7. The molecule has 0 amide bonds. The average molecular weight is 1230 g/mol. The molecular weight excluding hydrogens is 1140 g/mol. The maximum absolute atomic E-state index is 13.7. The van der Waals surface area contributed by atoms with Crippen LogP contribution in [0.25, 0.3) is 67.2 Å². The van der Waals surface area contributed by atoms with Crippen LogP contribution in [0.3, 0.4) is 0 Å². The highest BCUT2D eigenvalue weighted by atomic mass is 19.1. The first-order chi connectivity index (χ1) is 43.0. The average Bonchev–Trinajstić information content (AvgIpc) is 1.19. The van der Waals surface area contributed by atoms with Gasteiger partial charge in [0.2, 0.25) is 5.95 Å². The van der Waals surface area contributed by atoms with Gasteiger partial charge in [-0.3, -0.25) is 30.0 Å². The number of halogens is 1. The van der Waals surface area contributed by atoms with Crippen molar-refractivity contribution in [3.05, 3.63) is 153 Å². The van der Waals surface area contributed by atoms with E-state index in [2.05, 4.69) is 172 Å². The lowest BCUT2D eigenvalue weighted by Gasteiger charge is -2.49. The highest BCUT2D eigenvalue weighted by Crippen LogP contribution is 2.39. The van der Waals surface area contributed by atoms with Crippen molar-refractivity contribution < 1.29 is 19.7 Å². The van der Waals surface area contributed by atoms with E-state index in [-0.39, 0.29) is 50.5 Å². The highest BCUT2D eigenvalue weighted by molar-refractivity contribution is 5.76. The SMILES string of the molecule is CC1(C)CC(Nc2cnc(-c3ccc(-c4cccnc4)cc3O)cn2)CC(C)(C)N1.CC1(C)CC(Nc2cnc(-c3ccc(-c4ccncc4)cc3O)cn2)CC(C)(C)N1.CN(c1cnc(-c2ccc(-c3cn[nH]c3F)cc2O)cn1)C1CC(C)(C)NC(C)(C)C1. The van der Waals surface area contributed by atoms with E-state index in [4.69, 9.17) is 0 Å². The van der Waals surface area contributed by atoms with Gasteiger partial charge in [-0.25, -0.2) is 15.0 Å². The summed E-state index contributed by atoms with van der Waals surface area (Å²) >= 11 is 0. The van der Waals surface area contributed by atoms with Gasteiger partial charge in [-0.15, -0.1) is 0 Å². The minimum atomic E-state index is -0.538. The third kappa shape index (κ3) is 16.7. The largest absolute Gasteiger partial charge is 0.507 e. The van der Waals surface area contributed by atoms with Gasteiger partial charge in [-0.2, -0.15) is 9.49 Å². The van der Waals surface area contributed by atoms with Crippen molar-refractivity contribution in [1.29, 1.82) is 0 Å². The standard InChI is InChI=1S/2C24H29N5O.C23H29FN6O/c1-23(2)12-18(13-24(3,4)29-23)28-22-15-26-20(14-27-22)19-6-5-17(11-21(19)30)16-7-9-25-10-8-16;1-23(2)11-18(12-24(3,4)29-23)28-22-15-26-20(14-27-22)19-8-7-16(10-21(19)30)17-6-5-9-25-13-17;1-22(2)9-15(10-23(3,4)29-22)30(5)20-13-25-18(12-26-20)16-7-6-14(8-19(16)31)17-11-27-28-21(17)24/h5-11,14-15,18,29-30H,12-13H2,1-4H3,(H,27,28);5-10,13-15,18,29-30H,11-12H2,1-4H3,(H,27,28);6-8,11-13,15,29,31H,9-10H2,1-5H3,(H,27,28). The van der Waals surface area contributed by atoms with Gasteiger partial charge in [0.25, 0.3) is 0 Å². The number of H-pyrrole nitrogens is 1. The Kier molecular flexibility index (Phi) is 18.6. The number of rotatable bonds is 12. The molecule has 20 heteroatoms. The number of aromatic amines is 1. The summed E-state index contributed by atoms with van der Waals surface area (Å²) in [6, 6.07) is 24.7. The minimum Gasteiger partial charge on any atom is -0.507 e. The van der Waals surface area contributed by atoms with E-state index in [1.54, 1.807) is 86.2 Å². The van der Waals surface area contributed by atoms with Crippen molar-refractivity contribution in [3.8, 4) is 84.4 Å². The number of nitrogens with zero attached hydrogens (tertiary/aromatic N) is 10. The number of aromatic hydroxyl groups is 3. The third-order valence-corrected chi connectivity index (χ3v) is 16.8. The number of nitrogens with one attached hydrogen (secondary N) is 6. The summed E-state index contributed by atoms with van der Waals surface area (Å²) in [5.74, 6) is 2.13. The summed E-state index contributed by atoms with van der Waals surface area (Å²) in [6.07, 6.45) is 24.7. The molecule has 9 N–H and O–H groups in total. The Hall–Kier alpha value is -8.98. The van der Waals surface area contributed by atoms with E-state index in [1.807, 2.05) is 48.5 Å². The smallest absolute Gasteiger partial charge is 0.216 e. The quantitative estimate of drug-likeness (QED) is 0.0551. The Labute approximate surface area is 533 Å². The third-order valence-electron chi connectivity index (χ3n) is 16.8. The topological polar surface area (TPSA) is 256 Å². The van der Waals surface area contributed by atoms with E-state index < -0.39 is 5.95 Å². The van der Waals surface area contributed by atoms with Gasteiger partial charge < -0.3 is 46.8 Å². The van der Waals surface area contributed by atoms with Gasteiger partial charge in [0, 0.05) is 105 Å². The zero-order valence-electron chi connectivity index (χ0n) is 54.5. The van der Waals surface area contributed by atoms with Crippen LogP contribution >= 0.6 is 0 Å². The van der Waals surface area contributed by atoms with Gasteiger partial charge >= 0.3 is 0 Å². The van der Waals surface area contributed by atoms with Crippen molar-refractivity contribution in [2.75, 3.05) is 22.6 Å². The van der Waals surface area contributed by atoms with E-state index in [0.717, 1.165) is 78.2 Å². The number of hydrogen-bond donors (Lipinski definition) is 9. The van der Waals surface area contributed by atoms with Crippen LogP contribution in [0, 0.1) is 5.95 Å². The van der Waals surface area contributed by atoms with Crippen molar-refractivity contribution in [3.63, 3.8) is 0 Å². The predicted octanol–water partition coefficient (Wildman–Crippen LogP) is 13.4. The van der Waals surface area contributed by atoms with E-state index in [0.29, 0.717) is 63.0 Å². The number of phenols is 3. The lowest BCUT2D eigenvalue weighted by Crippen LogP contribution is -2.62. The fourth-order valence-electron chi connectivity index (χ4n) is 14.0. The molecule has 3 aliphatic rings. The molecule has 0 saturated carbocycles. The van der Waals surface area contributed by atoms with E-state index in [1.165, 1.54) is 12.3 Å². The van der Waals surface area contributed by atoms with Crippen molar-refractivity contribution in [1.82, 2.24) is 66.0 Å². The molecule has 6 aromatic heterocycles. The first kappa shape index (κ1) is 65.0. The molecule has 3 aliphatic heterocycles.